The number of halogens is 1. The van der Waals surface area contributed by atoms with Gasteiger partial charge >= 0.3 is 0 Å². The summed E-state index contributed by atoms with van der Waals surface area (Å²) in [7, 11) is 9.81. The van der Waals surface area contributed by atoms with E-state index >= 15 is 0 Å². The monoisotopic (exact) mass is 1470 g/mol. The molecule has 2 aliphatic carbocycles. The number of hydrogen-bond acceptors (Lipinski definition) is 18. The molecule has 5 atom stereocenters. The van der Waals surface area contributed by atoms with Crippen LogP contribution < -0.4 is 50.3 Å². The van der Waals surface area contributed by atoms with E-state index in [9.17, 15) is 0 Å². The molecular weight excluding hydrogens is 1370 g/mol. The van der Waals surface area contributed by atoms with E-state index in [2.05, 4.69) is 116 Å². The van der Waals surface area contributed by atoms with Crippen LogP contribution in [0, 0.1) is 0 Å². The summed E-state index contributed by atoms with van der Waals surface area (Å²) in [6.45, 7) is 4.58. The second-order valence-corrected chi connectivity index (χ2v) is 29.5. The van der Waals surface area contributed by atoms with Gasteiger partial charge in [0.1, 0.15) is 53.0 Å². The third-order valence-electron chi connectivity index (χ3n) is 17.8. The van der Waals surface area contributed by atoms with Gasteiger partial charge in [0.15, 0.2) is 28.8 Å². The second-order valence-electron chi connectivity index (χ2n) is 24.8. The SMILES string of the molecule is CNCCC(Oc1cccc2c1CCC2)c1cccs1.CNCCC(Oc1cccc2c1CCCC2)c1cccs1.CNCCC(Oc1cccc2ccoc12)c1ccc(Cl)s1.CNCCC(Oc1cccc2ccoc12)c1ccco1.CNCCC(Oc1cccc2occc12)c1cccs1. The summed E-state index contributed by atoms with van der Waals surface area (Å²) < 4.78 is 54.1. The van der Waals surface area contributed by atoms with Crippen molar-refractivity contribution >= 4 is 89.9 Å². The van der Waals surface area contributed by atoms with Crippen LogP contribution in [0.15, 0.2) is 229 Å². The van der Waals surface area contributed by atoms with Crippen molar-refractivity contribution in [1.82, 2.24) is 26.6 Å². The lowest BCUT2D eigenvalue weighted by atomic mass is 9.91. The van der Waals surface area contributed by atoms with Gasteiger partial charge < -0.3 is 67.9 Å². The van der Waals surface area contributed by atoms with Crippen LogP contribution in [0.5, 0.6) is 28.7 Å². The number of nitrogens with one attached hydrogen (secondary N) is 5. The average Bonchev–Trinajstić information content (AvgIpc) is 1.53. The van der Waals surface area contributed by atoms with Gasteiger partial charge in [-0.25, -0.2) is 0 Å². The molecule has 0 amide bonds. The first-order valence-electron chi connectivity index (χ1n) is 35.4. The molecule has 5 aromatic carbocycles. The fourth-order valence-electron chi connectivity index (χ4n) is 12.6. The predicted molar refractivity (Wildman–Crippen MR) is 421 cm³/mol. The number of fused-ring (bicyclic) bond motifs is 5. The highest BCUT2D eigenvalue weighted by atomic mass is 35.5. The van der Waals surface area contributed by atoms with E-state index < -0.39 is 0 Å². The van der Waals surface area contributed by atoms with Gasteiger partial charge in [-0.2, -0.15) is 0 Å². The van der Waals surface area contributed by atoms with Crippen molar-refractivity contribution in [2.45, 2.75) is 108 Å². The standard InChI is InChI=1S/C18H23NOS.C17H21NOS.C16H16ClNO2S.C16H17NO3.C16H17NO2S/c1-19-12-11-17(18-10-5-13-21-18)20-16-9-4-7-14-6-2-3-8-15(14)16;1-18-11-10-16(17-9-4-12-20-17)19-15-8-3-6-13-5-2-7-14(13)15;1-18-9-7-12(14-5-6-15(17)21-14)20-13-4-2-3-11-8-10-19-16(11)13;1-17-9-7-14(13-6-3-10-18-13)20-15-5-2-4-12-8-11-19-16(12)15;1-17-9-7-15(16-6-3-11-20-16)19-14-5-2-4-13-12(14)8-10-18-13/h4-5,7,9-10,13,17,19H,2-3,6,8,11-12H2,1H3;3-4,6,8-9,12,16,18H,2,5,7,10-11H2,1H3;2-6,8,10,12,18H,7,9H2,1H3;2-6,8,10-11,14,17H,7,9H2,1H3;2-6,8,10-11,15,17H,7,9H2,1H3. The molecule has 8 aromatic heterocycles. The molecule has 8 heterocycles. The summed E-state index contributed by atoms with van der Waals surface area (Å²) in [6, 6.07) is 57.1. The lowest BCUT2D eigenvalue weighted by Crippen LogP contribution is -2.16. The zero-order valence-corrected chi connectivity index (χ0v) is 62.8. The maximum atomic E-state index is 6.43. The van der Waals surface area contributed by atoms with Crippen molar-refractivity contribution in [1.29, 1.82) is 0 Å². The highest BCUT2D eigenvalue weighted by Gasteiger charge is 2.24. The van der Waals surface area contributed by atoms with Gasteiger partial charge in [0, 0.05) is 62.4 Å². The van der Waals surface area contributed by atoms with E-state index in [-0.39, 0.29) is 30.5 Å². The minimum absolute atomic E-state index is 0.0364. The maximum absolute atomic E-state index is 6.43. The normalized spacial score (nSPS) is 13.7. The minimum atomic E-state index is -0.131. The maximum Gasteiger partial charge on any atom is 0.175 e. The molecule has 0 aliphatic heterocycles. The Balaban J connectivity index is 0.000000128. The third kappa shape index (κ3) is 21.1. The molecule has 0 spiro atoms. The summed E-state index contributed by atoms with van der Waals surface area (Å²) in [5.74, 6) is 5.40. The quantitative estimate of drug-likeness (QED) is 0.0290. The number of aryl methyl sites for hydroxylation is 2. The Kier molecular flexibility index (Phi) is 29.5. The number of para-hydroxylation sites is 2. The highest BCUT2D eigenvalue weighted by Crippen LogP contribution is 2.40. The molecule has 536 valence electrons. The van der Waals surface area contributed by atoms with Crippen LogP contribution in [0.1, 0.15) is 129 Å². The largest absolute Gasteiger partial charge is 0.485 e. The molecule has 2 aliphatic rings. The van der Waals surface area contributed by atoms with Gasteiger partial charge in [0.05, 0.1) is 34.8 Å². The minimum Gasteiger partial charge on any atom is -0.485 e. The van der Waals surface area contributed by atoms with E-state index in [1.54, 1.807) is 70.4 Å². The first-order valence-corrected chi connectivity index (χ1v) is 39.2. The zero-order chi connectivity index (χ0) is 70.5. The van der Waals surface area contributed by atoms with E-state index in [0.717, 1.165) is 154 Å². The Labute approximate surface area is 620 Å². The third-order valence-corrected chi connectivity index (χ3v) is 22.0. The molecule has 0 saturated heterocycles. The zero-order valence-electron chi connectivity index (χ0n) is 58.8. The van der Waals surface area contributed by atoms with Crippen LogP contribution >= 0.6 is 56.9 Å². The van der Waals surface area contributed by atoms with Crippen molar-refractivity contribution in [3.05, 3.63) is 263 Å². The lowest BCUT2D eigenvalue weighted by molar-refractivity contribution is 0.167. The topological polar surface area (TPSA) is 159 Å². The van der Waals surface area contributed by atoms with E-state index in [0.29, 0.717) is 0 Å². The summed E-state index contributed by atoms with van der Waals surface area (Å²) in [4.78, 5) is 5.01. The number of hydrogen-bond donors (Lipinski definition) is 5. The Hall–Kier alpha value is -8.11. The molecular formula is C83H94ClN5O9S4. The van der Waals surface area contributed by atoms with Crippen LogP contribution in [-0.4, -0.2) is 68.0 Å². The molecule has 5 N–H and O–H groups in total. The Bertz CT molecular complexity index is 4350. The smallest absolute Gasteiger partial charge is 0.175 e. The van der Waals surface area contributed by atoms with Crippen molar-refractivity contribution in [2.24, 2.45) is 0 Å². The lowest BCUT2D eigenvalue weighted by Gasteiger charge is -2.23. The number of rotatable bonds is 30. The number of thiophene rings is 4. The first kappa shape index (κ1) is 75.1. The fourth-order valence-corrected chi connectivity index (χ4v) is 16.1. The Morgan fingerprint density at radius 2 is 0.794 bits per heavy atom. The summed E-state index contributed by atoms with van der Waals surface area (Å²) in [6.07, 6.45) is 20.1. The molecule has 15 rings (SSSR count). The van der Waals surface area contributed by atoms with Gasteiger partial charge in [-0.15, -0.1) is 45.3 Å². The van der Waals surface area contributed by atoms with Gasteiger partial charge in [0.25, 0.3) is 0 Å². The summed E-state index contributed by atoms with van der Waals surface area (Å²) >= 11 is 12.9. The molecule has 102 heavy (non-hydrogen) atoms. The molecule has 0 radical (unpaired) electrons. The van der Waals surface area contributed by atoms with Gasteiger partial charge in [-0.3, -0.25) is 0 Å². The summed E-state index contributed by atoms with van der Waals surface area (Å²) in [5.41, 5.74) is 8.25. The van der Waals surface area contributed by atoms with Crippen LogP contribution in [0.2, 0.25) is 4.34 Å². The average molecular weight is 1470 g/mol. The second kappa shape index (κ2) is 40.1. The number of furan rings is 4. The molecule has 0 bridgehead atoms. The molecule has 13 aromatic rings. The van der Waals surface area contributed by atoms with E-state index in [1.165, 1.54) is 69.0 Å². The van der Waals surface area contributed by atoms with Crippen LogP contribution in [-0.2, 0) is 25.7 Å². The van der Waals surface area contributed by atoms with Crippen LogP contribution in [0.3, 0.4) is 0 Å². The molecule has 14 nitrogen and oxygen atoms in total. The first-order chi connectivity index (χ1) is 50.3. The van der Waals surface area contributed by atoms with Crippen molar-refractivity contribution in [2.75, 3.05) is 68.0 Å². The molecule has 0 fully saturated rings. The number of benzene rings is 5. The molecule has 19 heteroatoms. The van der Waals surface area contributed by atoms with Gasteiger partial charge in [-0.1, -0.05) is 84.4 Å². The van der Waals surface area contributed by atoms with E-state index in [1.807, 2.05) is 132 Å². The highest BCUT2D eigenvalue weighted by molar-refractivity contribution is 7.16. The van der Waals surface area contributed by atoms with Crippen molar-refractivity contribution in [3.8, 4) is 28.7 Å². The van der Waals surface area contributed by atoms with Crippen molar-refractivity contribution < 1.29 is 41.4 Å². The van der Waals surface area contributed by atoms with Crippen molar-refractivity contribution in [3.63, 3.8) is 0 Å². The van der Waals surface area contributed by atoms with Crippen LogP contribution in [0.4, 0.5) is 0 Å². The number of ether oxygens (including phenoxy) is 5. The van der Waals surface area contributed by atoms with E-state index in [4.69, 9.17) is 53.0 Å². The predicted octanol–water partition coefficient (Wildman–Crippen LogP) is 21.2. The fraction of sp³-hybridized carbons (Fsp3) is 0.325. The Morgan fingerprint density at radius 1 is 0.363 bits per heavy atom. The summed E-state index contributed by atoms with van der Waals surface area (Å²) in [5, 5.41) is 25.4. The van der Waals surface area contributed by atoms with Gasteiger partial charge in [-0.05, 0) is 248 Å². The molecule has 0 saturated carbocycles. The van der Waals surface area contributed by atoms with Gasteiger partial charge in [0.2, 0.25) is 0 Å². The molecule has 5 unspecified atom stereocenters. The van der Waals surface area contributed by atoms with Crippen LogP contribution in [0.25, 0.3) is 32.9 Å². The Morgan fingerprint density at radius 3 is 1.28 bits per heavy atom.